The summed E-state index contributed by atoms with van der Waals surface area (Å²) < 4.78 is 17.9. The van der Waals surface area contributed by atoms with Gasteiger partial charge < -0.3 is 9.53 Å². The van der Waals surface area contributed by atoms with E-state index in [1.165, 1.54) is 12.1 Å². The van der Waals surface area contributed by atoms with Gasteiger partial charge in [0.05, 0.1) is 7.11 Å². The molecule has 0 heterocycles. The van der Waals surface area contributed by atoms with Crippen LogP contribution in [-0.2, 0) is 11.2 Å². The Bertz CT molecular complexity index is 532. The molecule has 0 aliphatic heterocycles. The van der Waals surface area contributed by atoms with Gasteiger partial charge in [-0.2, -0.15) is 0 Å². The summed E-state index contributed by atoms with van der Waals surface area (Å²) in [4.78, 5) is 11.2. The lowest BCUT2D eigenvalue weighted by Crippen LogP contribution is -2.04. The lowest BCUT2D eigenvalue weighted by molar-refractivity contribution is -0.109. The van der Waals surface area contributed by atoms with Crippen molar-refractivity contribution in [3.63, 3.8) is 0 Å². The summed E-state index contributed by atoms with van der Waals surface area (Å²) in [5.41, 5.74) is 1.87. The molecule has 1 unspecified atom stereocenters. The van der Waals surface area contributed by atoms with Gasteiger partial charge in [-0.3, -0.25) is 0 Å². The van der Waals surface area contributed by atoms with Crippen LogP contribution < -0.4 is 4.74 Å². The van der Waals surface area contributed by atoms with Gasteiger partial charge in [0.2, 0.25) is 0 Å². The molecule has 0 aliphatic carbocycles. The zero-order chi connectivity index (χ0) is 13.7. The maximum Gasteiger partial charge on any atom is 0.127 e. The van der Waals surface area contributed by atoms with E-state index in [1.54, 1.807) is 19.2 Å². The minimum atomic E-state index is -0.294. The standard InChI is InChI=1S/C16H15FO2/c1-19-16-8-2-12(3-9-16)10-14(11-18)13-4-6-15(17)7-5-13/h2-9,11,14H,10H2,1H3. The van der Waals surface area contributed by atoms with Crippen LogP contribution in [0.4, 0.5) is 4.39 Å². The van der Waals surface area contributed by atoms with Crippen molar-refractivity contribution in [1.82, 2.24) is 0 Å². The largest absolute Gasteiger partial charge is 0.497 e. The number of hydrogen-bond acceptors (Lipinski definition) is 2. The lowest BCUT2D eigenvalue weighted by Gasteiger charge is -2.11. The Kier molecular flexibility index (Phi) is 4.29. The Morgan fingerprint density at radius 1 is 1.11 bits per heavy atom. The number of aldehydes is 1. The fourth-order valence-electron chi connectivity index (χ4n) is 1.97. The summed E-state index contributed by atoms with van der Waals surface area (Å²) >= 11 is 0. The first kappa shape index (κ1) is 13.3. The van der Waals surface area contributed by atoms with E-state index < -0.39 is 0 Å². The van der Waals surface area contributed by atoms with Crippen LogP contribution in [0, 0.1) is 5.82 Å². The molecule has 0 N–H and O–H groups in total. The van der Waals surface area contributed by atoms with Crippen LogP contribution in [0.15, 0.2) is 48.5 Å². The van der Waals surface area contributed by atoms with E-state index in [9.17, 15) is 9.18 Å². The van der Waals surface area contributed by atoms with Crippen LogP contribution in [0.1, 0.15) is 17.0 Å². The molecule has 0 radical (unpaired) electrons. The zero-order valence-electron chi connectivity index (χ0n) is 10.7. The predicted molar refractivity (Wildman–Crippen MR) is 71.9 cm³/mol. The second kappa shape index (κ2) is 6.14. The predicted octanol–water partition coefficient (Wildman–Crippen LogP) is 3.36. The highest BCUT2D eigenvalue weighted by Crippen LogP contribution is 2.21. The van der Waals surface area contributed by atoms with E-state index in [1.807, 2.05) is 24.3 Å². The third-order valence-corrected chi connectivity index (χ3v) is 3.08. The first-order valence-corrected chi connectivity index (χ1v) is 6.06. The van der Waals surface area contributed by atoms with Gasteiger partial charge in [-0.25, -0.2) is 4.39 Å². The smallest absolute Gasteiger partial charge is 0.127 e. The molecule has 0 fully saturated rings. The highest BCUT2D eigenvalue weighted by Gasteiger charge is 2.11. The summed E-state index contributed by atoms with van der Waals surface area (Å²) in [7, 11) is 1.61. The minimum Gasteiger partial charge on any atom is -0.497 e. The van der Waals surface area contributed by atoms with E-state index in [0.717, 1.165) is 23.2 Å². The van der Waals surface area contributed by atoms with Crippen molar-refractivity contribution in [3.8, 4) is 5.75 Å². The summed E-state index contributed by atoms with van der Waals surface area (Å²) in [6, 6.07) is 13.6. The Hall–Kier alpha value is -2.16. The lowest BCUT2D eigenvalue weighted by atomic mass is 9.93. The summed E-state index contributed by atoms with van der Waals surface area (Å²) in [6.45, 7) is 0. The third kappa shape index (κ3) is 3.41. The fraction of sp³-hybridized carbons (Fsp3) is 0.188. The summed E-state index contributed by atoms with van der Waals surface area (Å²) in [6.07, 6.45) is 1.50. The van der Waals surface area contributed by atoms with Gasteiger partial charge in [-0.1, -0.05) is 24.3 Å². The van der Waals surface area contributed by atoms with Crippen molar-refractivity contribution in [2.24, 2.45) is 0 Å². The molecule has 0 saturated carbocycles. The number of ether oxygens (including phenoxy) is 1. The van der Waals surface area contributed by atoms with Gasteiger partial charge in [0.1, 0.15) is 17.9 Å². The zero-order valence-corrected chi connectivity index (χ0v) is 10.7. The molecule has 2 aromatic rings. The van der Waals surface area contributed by atoms with Gasteiger partial charge in [-0.15, -0.1) is 0 Å². The quantitative estimate of drug-likeness (QED) is 0.769. The van der Waals surface area contributed by atoms with E-state index in [-0.39, 0.29) is 11.7 Å². The van der Waals surface area contributed by atoms with Crippen molar-refractivity contribution in [1.29, 1.82) is 0 Å². The summed E-state index contributed by atoms with van der Waals surface area (Å²) in [5, 5.41) is 0. The van der Waals surface area contributed by atoms with Gasteiger partial charge >= 0.3 is 0 Å². The SMILES string of the molecule is COc1ccc(CC(C=O)c2ccc(F)cc2)cc1. The van der Waals surface area contributed by atoms with Gasteiger partial charge in [0.25, 0.3) is 0 Å². The van der Waals surface area contributed by atoms with Gasteiger partial charge in [0.15, 0.2) is 0 Å². The number of carbonyl (C=O) groups is 1. The second-order valence-electron chi connectivity index (χ2n) is 4.35. The number of halogens is 1. The van der Waals surface area contributed by atoms with E-state index in [0.29, 0.717) is 6.42 Å². The van der Waals surface area contributed by atoms with Crippen LogP contribution in [0.25, 0.3) is 0 Å². The number of rotatable bonds is 5. The highest BCUT2D eigenvalue weighted by molar-refractivity contribution is 5.62. The molecular formula is C16H15FO2. The Morgan fingerprint density at radius 2 is 1.74 bits per heavy atom. The number of methoxy groups -OCH3 is 1. The average molecular weight is 258 g/mol. The molecule has 0 saturated heterocycles. The molecule has 1 atom stereocenters. The molecule has 19 heavy (non-hydrogen) atoms. The second-order valence-corrected chi connectivity index (χ2v) is 4.35. The Balaban J connectivity index is 2.14. The van der Waals surface area contributed by atoms with Crippen LogP contribution in [0.2, 0.25) is 0 Å². The summed E-state index contributed by atoms with van der Waals surface area (Å²) in [5.74, 6) is 0.236. The van der Waals surface area contributed by atoms with Gasteiger partial charge in [0, 0.05) is 5.92 Å². The molecule has 0 amide bonds. The molecule has 3 heteroatoms. The van der Waals surface area contributed by atoms with Crippen LogP contribution in [-0.4, -0.2) is 13.4 Å². The topological polar surface area (TPSA) is 26.3 Å². The Morgan fingerprint density at radius 3 is 2.26 bits per heavy atom. The average Bonchev–Trinajstić information content (AvgIpc) is 2.46. The molecule has 0 spiro atoms. The molecule has 0 aromatic heterocycles. The van der Waals surface area contributed by atoms with Crippen molar-refractivity contribution >= 4 is 6.29 Å². The molecule has 98 valence electrons. The van der Waals surface area contributed by atoms with Gasteiger partial charge in [-0.05, 0) is 41.8 Å². The van der Waals surface area contributed by atoms with Crippen molar-refractivity contribution in [2.75, 3.05) is 7.11 Å². The molecule has 2 nitrogen and oxygen atoms in total. The number of benzene rings is 2. The van der Waals surface area contributed by atoms with E-state index >= 15 is 0 Å². The van der Waals surface area contributed by atoms with Crippen LogP contribution >= 0.6 is 0 Å². The Labute approximate surface area is 111 Å². The van der Waals surface area contributed by atoms with E-state index in [4.69, 9.17) is 4.74 Å². The molecule has 2 rings (SSSR count). The molecular weight excluding hydrogens is 243 g/mol. The maximum absolute atomic E-state index is 12.9. The first-order valence-electron chi connectivity index (χ1n) is 6.06. The molecule has 0 aliphatic rings. The maximum atomic E-state index is 12.9. The number of carbonyl (C=O) groups excluding carboxylic acids is 1. The molecule has 0 bridgehead atoms. The van der Waals surface area contributed by atoms with E-state index in [2.05, 4.69) is 0 Å². The van der Waals surface area contributed by atoms with Crippen molar-refractivity contribution < 1.29 is 13.9 Å². The highest BCUT2D eigenvalue weighted by atomic mass is 19.1. The normalized spacial score (nSPS) is 11.9. The molecule has 2 aromatic carbocycles. The monoisotopic (exact) mass is 258 g/mol. The number of hydrogen-bond donors (Lipinski definition) is 0. The van der Waals surface area contributed by atoms with Crippen molar-refractivity contribution in [2.45, 2.75) is 12.3 Å². The fourth-order valence-corrected chi connectivity index (χ4v) is 1.97. The van der Waals surface area contributed by atoms with Crippen LogP contribution in [0.5, 0.6) is 5.75 Å². The van der Waals surface area contributed by atoms with Crippen LogP contribution in [0.3, 0.4) is 0 Å². The third-order valence-electron chi connectivity index (χ3n) is 3.08. The minimum absolute atomic E-state index is 0.256. The first-order chi connectivity index (χ1) is 9.22. The van der Waals surface area contributed by atoms with Crippen molar-refractivity contribution in [3.05, 3.63) is 65.5 Å².